The molecule has 0 saturated heterocycles. The van der Waals surface area contributed by atoms with Crippen LogP contribution in [0.2, 0.25) is 0 Å². The van der Waals surface area contributed by atoms with Gasteiger partial charge in [-0.2, -0.15) is 4.31 Å². The highest BCUT2D eigenvalue weighted by Gasteiger charge is 2.25. The summed E-state index contributed by atoms with van der Waals surface area (Å²) >= 11 is 3.26. The summed E-state index contributed by atoms with van der Waals surface area (Å²) in [6.07, 6.45) is 0. The highest BCUT2D eigenvalue weighted by molar-refractivity contribution is 9.10. The van der Waals surface area contributed by atoms with Crippen molar-refractivity contribution in [3.63, 3.8) is 0 Å². The van der Waals surface area contributed by atoms with Crippen LogP contribution in [-0.2, 0) is 21.4 Å². The fourth-order valence-corrected chi connectivity index (χ4v) is 3.78. The van der Waals surface area contributed by atoms with Crippen LogP contribution in [0.4, 0.5) is 4.39 Å². The lowest BCUT2D eigenvalue weighted by Gasteiger charge is -2.24. The van der Waals surface area contributed by atoms with E-state index in [1.54, 1.807) is 31.2 Å². The Bertz CT molecular complexity index is 872. The summed E-state index contributed by atoms with van der Waals surface area (Å²) in [5.74, 6) is -0.721. The molecule has 140 valence electrons. The standard InChI is InChI=1S/C18H20BrFN2O3S/c1-3-22(12-14-5-4-6-16(20)11-14)18(23)13-21(2)26(24,25)17-9-7-15(19)8-10-17/h4-11H,3,12-13H2,1-2H3. The second-order valence-corrected chi connectivity index (χ2v) is 8.71. The number of nitrogens with zero attached hydrogens (tertiary/aromatic N) is 2. The summed E-state index contributed by atoms with van der Waals surface area (Å²) in [6, 6.07) is 12.2. The first kappa shape index (κ1) is 20.5. The molecule has 0 aliphatic heterocycles. The Morgan fingerprint density at radius 3 is 2.38 bits per heavy atom. The number of sulfonamides is 1. The molecule has 2 aromatic rings. The van der Waals surface area contributed by atoms with E-state index in [1.165, 1.54) is 36.2 Å². The van der Waals surface area contributed by atoms with Gasteiger partial charge in [-0.15, -0.1) is 0 Å². The molecule has 0 heterocycles. The Morgan fingerprint density at radius 1 is 1.15 bits per heavy atom. The first-order chi connectivity index (χ1) is 12.2. The second-order valence-electron chi connectivity index (χ2n) is 5.75. The number of likely N-dealkylation sites (N-methyl/N-ethyl adjacent to an activating group) is 2. The molecular weight excluding hydrogens is 423 g/mol. The largest absolute Gasteiger partial charge is 0.338 e. The Hall–Kier alpha value is -1.77. The van der Waals surface area contributed by atoms with E-state index in [1.807, 2.05) is 0 Å². The van der Waals surface area contributed by atoms with E-state index in [0.717, 1.165) is 8.78 Å². The number of benzene rings is 2. The van der Waals surface area contributed by atoms with Crippen LogP contribution < -0.4 is 0 Å². The van der Waals surface area contributed by atoms with Gasteiger partial charge in [-0.3, -0.25) is 4.79 Å². The molecule has 0 bridgehead atoms. The SMILES string of the molecule is CCN(Cc1cccc(F)c1)C(=O)CN(C)S(=O)(=O)c1ccc(Br)cc1. The molecule has 5 nitrogen and oxygen atoms in total. The van der Waals surface area contributed by atoms with Crippen LogP contribution in [0.5, 0.6) is 0 Å². The number of carbonyl (C=O) groups excluding carboxylic acids is 1. The molecule has 2 aromatic carbocycles. The fraction of sp³-hybridized carbons (Fsp3) is 0.278. The van der Waals surface area contributed by atoms with Gasteiger partial charge in [-0.25, -0.2) is 12.8 Å². The molecule has 8 heteroatoms. The molecular formula is C18H20BrFN2O3S. The first-order valence-corrected chi connectivity index (χ1v) is 10.2. The minimum Gasteiger partial charge on any atom is -0.338 e. The predicted octanol–water partition coefficient (Wildman–Crippen LogP) is 3.26. The molecule has 0 N–H and O–H groups in total. The van der Waals surface area contributed by atoms with Crippen molar-refractivity contribution in [3.8, 4) is 0 Å². The van der Waals surface area contributed by atoms with Gasteiger partial charge in [0.1, 0.15) is 5.82 Å². The molecule has 0 aliphatic carbocycles. The van der Waals surface area contributed by atoms with Crippen molar-refractivity contribution >= 4 is 31.9 Å². The maximum atomic E-state index is 13.3. The Labute approximate surface area is 161 Å². The smallest absolute Gasteiger partial charge is 0.243 e. The lowest BCUT2D eigenvalue weighted by Crippen LogP contribution is -2.40. The minimum absolute atomic E-state index is 0.115. The van der Waals surface area contributed by atoms with Crippen molar-refractivity contribution in [3.05, 3.63) is 64.4 Å². The summed E-state index contributed by atoms with van der Waals surface area (Å²) < 4.78 is 40.3. The van der Waals surface area contributed by atoms with Gasteiger partial charge in [0.2, 0.25) is 15.9 Å². The van der Waals surface area contributed by atoms with Crippen molar-refractivity contribution in [2.24, 2.45) is 0 Å². The quantitative estimate of drug-likeness (QED) is 0.660. The molecule has 1 amide bonds. The van der Waals surface area contributed by atoms with E-state index in [9.17, 15) is 17.6 Å². The van der Waals surface area contributed by atoms with Crippen LogP contribution in [0.3, 0.4) is 0 Å². The Kier molecular flexibility index (Phi) is 6.91. The maximum absolute atomic E-state index is 13.3. The average molecular weight is 443 g/mol. The molecule has 2 rings (SSSR count). The zero-order chi connectivity index (χ0) is 19.3. The Morgan fingerprint density at radius 2 is 1.81 bits per heavy atom. The maximum Gasteiger partial charge on any atom is 0.243 e. The lowest BCUT2D eigenvalue weighted by atomic mass is 10.2. The van der Waals surface area contributed by atoms with Crippen molar-refractivity contribution in [2.45, 2.75) is 18.4 Å². The summed E-state index contributed by atoms with van der Waals surface area (Å²) in [5.41, 5.74) is 0.651. The van der Waals surface area contributed by atoms with Gasteiger partial charge in [0.05, 0.1) is 11.4 Å². The van der Waals surface area contributed by atoms with E-state index in [0.29, 0.717) is 12.1 Å². The molecule has 26 heavy (non-hydrogen) atoms. The van der Waals surface area contributed by atoms with E-state index in [2.05, 4.69) is 15.9 Å². The van der Waals surface area contributed by atoms with Gasteiger partial charge in [0.15, 0.2) is 0 Å². The Balaban J connectivity index is 2.09. The summed E-state index contributed by atoms with van der Waals surface area (Å²) in [4.78, 5) is 14.1. The van der Waals surface area contributed by atoms with Crippen LogP contribution in [-0.4, -0.2) is 43.7 Å². The van der Waals surface area contributed by atoms with E-state index >= 15 is 0 Å². The third kappa shape index (κ3) is 5.12. The van der Waals surface area contributed by atoms with Gasteiger partial charge in [0, 0.05) is 24.6 Å². The van der Waals surface area contributed by atoms with Crippen LogP contribution in [0.15, 0.2) is 57.9 Å². The number of hydrogen-bond acceptors (Lipinski definition) is 3. The summed E-state index contributed by atoms with van der Waals surface area (Å²) in [5, 5.41) is 0. The van der Waals surface area contributed by atoms with Crippen molar-refractivity contribution in [2.75, 3.05) is 20.1 Å². The second kappa shape index (κ2) is 8.75. The highest BCUT2D eigenvalue weighted by Crippen LogP contribution is 2.18. The molecule has 0 aromatic heterocycles. The average Bonchev–Trinajstić information content (AvgIpc) is 2.60. The van der Waals surface area contributed by atoms with Gasteiger partial charge in [-0.05, 0) is 48.9 Å². The van der Waals surface area contributed by atoms with Gasteiger partial charge < -0.3 is 4.90 Å². The monoisotopic (exact) mass is 442 g/mol. The van der Waals surface area contributed by atoms with Crippen molar-refractivity contribution in [1.29, 1.82) is 0 Å². The minimum atomic E-state index is -3.77. The van der Waals surface area contributed by atoms with Crippen molar-refractivity contribution < 1.29 is 17.6 Å². The van der Waals surface area contributed by atoms with Crippen LogP contribution >= 0.6 is 15.9 Å². The number of rotatable bonds is 7. The predicted molar refractivity (Wildman–Crippen MR) is 101 cm³/mol. The van der Waals surface area contributed by atoms with Gasteiger partial charge in [0.25, 0.3) is 0 Å². The molecule has 0 saturated carbocycles. The number of halogens is 2. The molecule has 0 spiro atoms. The van der Waals surface area contributed by atoms with Gasteiger partial charge >= 0.3 is 0 Å². The van der Waals surface area contributed by atoms with Gasteiger partial charge in [-0.1, -0.05) is 28.1 Å². The third-order valence-electron chi connectivity index (χ3n) is 3.88. The van der Waals surface area contributed by atoms with E-state index < -0.39 is 10.0 Å². The van der Waals surface area contributed by atoms with Crippen LogP contribution in [0.25, 0.3) is 0 Å². The zero-order valence-electron chi connectivity index (χ0n) is 14.5. The highest BCUT2D eigenvalue weighted by atomic mass is 79.9. The molecule has 0 aliphatic rings. The normalized spacial score (nSPS) is 11.6. The fourth-order valence-electron chi connectivity index (χ4n) is 2.39. The summed E-state index contributed by atoms with van der Waals surface area (Å²) in [7, 11) is -2.40. The molecule has 0 fully saturated rings. The van der Waals surface area contributed by atoms with E-state index in [-0.39, 0.29) is 29.7 Å². The van der Waals surface area contributed by atoms with Crippen LogP contribution in [0.1, 0.15) is 12.5 Å². The molecule has 0 atom stereocenters. The number of hydrogen-bond donors (Lipinski definition) is 0. The van der Waals surface area contributed by atoms with Crippen molar-refractivity contribution in [1.82, 2.24) is 9.21 Å². The molecule has 0 radical (unpaired) electrons. The topological polar surface area (TPSA) is 57.7 Å². The number of carbonyl (C=O) groups is 1. The zero-order valence-corrected chi connectivity index (χ0v) is 16.9. The van der Waals surface area contributed by atoms with Crippen LogP contribution in [0, 0.1) is 5.82 Å². The molecule has 0 unspecified atom stereocenters. The third-order valence-corrected chi connectivity index (χ3v) is 6.22. The van der Waals surface area contributed by atoms with E-state index in [4.69, 9.17) is 0 Å². The first-order valence-electron chi connectivity index (χ1n) is 7.98. The lowest BCUT2D eigenvalue weighted by molar-refractivity contribution is -0.131. The summed E-state index contributed by atoms with van der Waals surface area (Å²) in [6.45, 7) is 2.11. The number of amides is 1.